The second-order valence-corrected chi connectivity index (χ2v) is 8.34. The van der Waals surface area contributed by atoms with E-state index in [1.165, 1.54) is 0 Å². The predicted octanol–water partition coefficient (Wildman–Crippen LogP) is 6.72. The first-order valence-electron chi connectivity index (χ1n) is 11.7. The molecule has 4 aromatic rings. The summed E-state index contributed by atoms with van der Waals surface area (Å²) >= 11 is 0. The number of aromatic nitrogens is 3. The maximum Gasteiger partial charge on any atom is 0.253 e. The standard InChI is InChI=1S/C30H29N5O/c1-4-9-21(2)18-22(3)13-16-28-25-15-14-23(19-29(25)35-34-28)33-27-12-6-5-11-26(27)30(36)32-20-24-10-7-8-17-31-24/h4-19,33H,3,20H2,1-2H3,(H,32,36)(H,34,35)/b9-4-,16-13+,21-18-. The predicted molar refractivity (Wildman–Crippen MR) is 148 cm³/mol. The molecule has 6 heteroatoms. The van der Waals surface area contributed by atoms with Crippen molar-refractivity contribution in [1.29, 1.82) is 0 Å². The molecule has 0 spiro atoms. The summed E-state index contributed by atoms with van der Waals surface area (Å²) in [6, 6.07) is 19.0. The van der Waals surface area contributed by atoms with Crippen molar-refractivity contribution in [2.75, 3.05) is 5.32 Å². The molecule has 6 nitrogen and oxygen atoms in total. The Balaban J connectivity index is 1.48. The topological polar surface area (TPSA) is 82.7 Å². The number of hydrogen-bond acceptors (Lipinski definition) is 4. The van der Waals surface area contributed by atoms with Crippen molar-refractivity contribution in [3.05, 3.63) is 126 Å². The highest BCUT2D eigenvalue weighted by molar-refractivity contribution is 6.00. The van der Waals surface area contributed by atoms with Gasteiger partial charge in [-0.1, -0.05) is 54.7 Å². The largest absolute Gasteiger partial charge is 0.355 e. The van der Waals surface area contributed by atoms with Crippen molar-refractivity contribution in [1.82, 2.24) is 20.5 Å². The van der Waals surface area contributed by atoms with Crippen molar-refractivity contribution in [2.45, 2.75) is 20.4 Å². The highest BCUT2D eigenvalue weighted by Gasteiger charge is 2.12. The van der Waals surface area contributed by atoms with Crippen molar-refractivity contribution in [2.24, 2.45) is 0 Å². The van der Waals surface area contributed by atoms with Crippen LogP contribution in [0.2, 0.25) is 0 Å². The number of nitrogens with one attached hydrogen (secondary N) is 3. The Morgan fingerprint density at radius 1 is 1.08 bits per heavy atom. The van der Waals surface area contributed by atoms with Crippen molar-refractivity contribution < 1.29 is 4.79 Å². The van der Waals surface area contributed by atoms with Gasteiger partial charge in [-0.15, -0.1) is 0 Å². The summed E-state index contributed by atoms with van der Waals surface area (Å²) in [7, 11) is 0. The van der Waals surface area contributed by atoms with Gasteiger partial charge in [0, 0.05) is 17.3 Å². The summed E-state index contributed by atoms with van der Waals surface area (Å²) in [5, 5.41) is 14.8. The van der Waals surface area contributed by atoms with Gasteiger partial charge in [0.1, 0.15) is 0 Å². The molecule has 180 valence electrons. The molecule has 0 fully saturated rings. The lowest BCUT2D eigenvalue weighted by Gasteiger charge is -2.12. The molecule has 4 rings (SSSR count). The van der Waals surface area contributed by atoms with E-state index < -0.39 is 0 Å². The smallest absolute Gasteiger partial charge is 0.253 e. The monoisotopic (exact) mass is 475 g/mol. The average Bonchev–Trinajstić information content (AvgIpc) is 3.29. The molecule has 0 unspecified atom stereocenters. The van der Waals surface area contributed by atoms with E-state index >= 15 is 0 Å². The molecule has 2 heterocycles. The number of para-hydroxylation sites is 1. The van der Waals surface area contributed by atoms with Crippen LogP contribution in [-0.4, -0.2) is 21.1 Å². The third kappa shape index (κ3) is 6.24. The summed E-state index contributed by atoms with van der Waals surface area (Å²) in [6.45, 7) is 8.49. The van der Waals surface area contributed by atoms with E-state index in [1.807, 2.05) is 98.8 Å². The van der Waals surface area contributed by atoms with Gasteiger partial charge in [0.05, 0.1) is 34.7 Å². The van der Waals surface area contributed by atoms with Crippen LogP contribution < -0.4 is 10.6 Å². The van der Waals surface area contributed by atoms with Crippen LogP contribution in [0.5, 0.6) is 0 Å². The molecular weight excluding hydrogens is 446 g/mol. The van der Waals surface area contributed by atoms with Gasteiger partial charge >= 0.3 is 0 Å². The Hall–Kier alpha value is -4.71. The van der Waals surface area contributed by atoms with Crippen LogP contribution in [0.15, 0.2) is 109 Å². The molecule has 2 aromatic carbocycles. The van der Waals surface area contributed by atoms with Gasteiger partial charge in [-0.25, -0.2) is 0 Å². The summed E-state index contributed by atoms with van der Waals surface area (Å²) in [5.41, 5.74) is 6.70. The number of allylic oxidation sites excluding steroid dienone is 6. The number of carbonyl (C=O) groups excluding carboxylic acids is 1. The first kappa shape index (κ1) is 24.4. The van der Waals surface area contributed by atoms with Gasteiger partial charge in [-0.05, 0) is 68.0 Å². The van der Waals surface area contributed by atoms with Crippen molar-refractivity contribution in [3.63, 3.8) is 0 Å². The fraction of sp³-hybridized carbons (Fsp3) is 0.100. The van der Waals surface area contributed by atoms with Crippen LogP contribution >= 0.6 is 0 Å². The van der Waals surface area contributed by atoms with Crippen LogP contribution in [0, 0.1) is 0 Å². The molecule has 0 saturated heterocycles. The minimum absolute atomic E-state index is 0.169. The van der Waals surface area contributed by atoms with Gasteiger partial charge in [-0.3, -0.25) is 14.9 Å². The lowest BCUT2D eigenvalue weighted by molar-refractivity contribution is 0.0951. The number of nitrogens with zero attached hydrogens (tertiary/aromatic N) is 2. The molecule has 0 radical (unpaired) electrons. The van der Waals surface area contributed by atoms with Gasteiger partial charge in [0.25, 0.3) is 5.91 Å². The minimum atomic E-state index is -0.169. The van der Waals surface area contributed by atoms with Crippen LogP contribution in [0.1, 0.15) is 35.6 Å². The van der Waals surface area contributed by atoms with Crippen LogP contribution in [0.25, 0.3) is 17.0 Å². The zero-order valence-corrected chi connectivity index (χ0v) is 20.5. The van der Waals surface area contributed by atoms with Gasteiger partial charge in [-0.2, -0.15) is 5.10 Å². The second kappa shape index (κ2) is 11.6. The molecule has 36 heavy (non-hydrogen) atoms. The molecule has 0 saturated carbocycles. The second-order valence-electron chi connectivity index (χ2n) is 8.34. The Morgan fingerprint density at radius 3 is 2.72 bits per heavy atom. The molecule has 0 aliphatic carbocycles. The number of amides is 1. The maximum absolute atomic E-state index is 12.9. The fourth-order valence-electron chi connectivity index (χ4n) is 3.80. The molecule has 0 bridgehead atoms. The van der Waals surface area contributed by atoms with E-state index in [2.05, 4.69) is 32.4 Å². The highest BCUT2D eigenvalue weighted by Crippen LogP contribution is 2.26. The summed E-state index contributed by atoms with van der Waals surface area (Å²) in [5.74, 6) is -0.169. The number of pyridine rings is 1. The SMILES string of the molecule is C=C(/C=C(C)\C=C/C)/C=C/c1n[nH]c2cc(Nc3ccccc3C(=O)NCc3ccccn3)ccc12. The van der Waals surface area contributed by atoms with Gasteiger partial charge < -0.3 is 10.6 Å². The van der Waals surface area contributed by atoms with E-state index in [1.54, 1.807) is 12.3 Å². The Morgan fingerprint density at radius 2 is 1.92 bits per heavy atom. The normalized spacial score (nSPS) is 11.9. The van der Waals surface area contributed by atoms with Gasteiger partial charge in [0.15, 0.2) is 0 Å². The fourth-order valence-corrected chi connectivity index (χ4v) is 3.80. The summed E-state index contributed by atoms with van der Waals surface area (Å²) in [4.78, 5) is 17.1. The first-order valence-corrected chi connectivity index (χ1v) is 11.7. The van der Waals surface area contributed by atoms with E-state index in [9.17, 15) is 4.79 Å². The average molecular weight is 476 g/mol. The zero-order valence-electron chi connectivity index (χ0n) is 20.5. The van der Waals surface area contributed by atoms with Crippen molar-refractivity contribution in [3.8, 4) is 0 Å². The number of benzene rings is 2. The zero-order chi connectivity index (χ0) is 25.3. The Labute approximate surface area is 211 Å². The van der Waals surface area contributed by atoms with E-state index in [0.717, 1.165) is 44.8 Å². The van der Waals surface area contributed by atoms with Crippen LogP contribution in [-0.2, 0) is 6.54 Å². The highest BCUT2D eigenvalue weighted by atomic mass is 16.1. The minimum Gasteiger partial charge on any atom is -0.355 e. The molecule has 2 aromatic heterocycles. The number of aromatic amines is 1. The summed E-state index contributed by atoms with van der Waals surface area (Å²) < 4.78 is 0. The molecule has 0 aliphatic heterocycles. The molecule has 3 N–H and O–H groups in total. The lowest BCUT2D eigenvalue weighted by Crippen LogP contribution is -2.24. The number of rotatable bonds is 9. The molecular formula is C30H29N5O. The van der Waals surface area contributed by atoms with Crippen LogP contribution in [0.4, 0.5) is 11.4 Å². The number of hydrogen-bond donors (Lipinski definition) is 3. The van der Waals surface area contributed by atoms with Crippen molar-refractivity contribution >= 4 is 34.3 Å². The van der Waals surface area contributed by atoms with E-state index in [-0.39, 0.29) is 5.91 Å². The van der Waals surface area contributed by atoms with Gasteiger partial charge in [0.2, 0.25) is 0 Å². The number of H-pyrrole nitrogens is 1. The number of anilines is 2. The van der Waals surface area contributed by atoms with Crippen LogP contribution in [0.3, 0.4) is 0 Å². The number of carbonyl (C=O) groups is 1. The third-order valence-corrected chi connectivity index (χ3v) is 5.50. The molecule has 1 amide bonds. The summed E-state index contributed by atoms with van der Waals surface area (Å²) in [6.07, 6.45) is 11.7. The Bertz CT molecular complexity index is 1460. The molecule has 0 aliphatic rings. The quantitative estimate of drug-likeness (QED) is 0.235. The molecule has 0 atom stereocenters. The Kier molecular flexibility index (Phi) is 7.88. The number of fused-ring (bicyclic) bond motifs is 1. The maximum atomic E-state index is 12.9. The van der Waals surface area contributed by atoms with E-state index in [4.69, 9.17) is 0 Å². The third-order valence-electron chi connectivity index (χ3n) is 5.50. The lowest BCUT2D eigenvalue weighted by atomic mass is 10.1. The first-order chi connectivity index (χ1) is 17.5. The van der Waals surface area contributed by atoms with E-state index in [0.29, 0.717) is 12.1 Å².